The van der Waals surface area contributed by atoms with E-state index in [-0.39, 0.29) is 11.9 Å². The Morgan fingerprint density at radius 2 is 2.07 bits per heavy atom. The largest absolute Gasteiger partial charge is 0.382 e. The molecule has 3 aromatic heterocycles. The number of pyridine rings is 1. The van der Waals surface area contributed by atoms with Crippen LogP contribution in [-0.4, -0.2) is 55.7 Å². The van der Waals surface area contributed by atoms with Crippen molar-refractivity contribution in [2.45, 2.75) is 39.7 Å². The number of nitrogen functional groups attached to an aromatic ring is 1. The zero-order valence-electron chi connectivity index (χ0n) is 17.7. The Morgan fingerprint density at radius 3 is 2.80 bits per heavy atom. The minimum Gasteiger partial charge on any atom is -0.382 e. The summed E-state index contributed by atoms with van der Waals surface area (Å²) >= 11 is 0. The number of aryl methyl sites for hydroxylation is 1. The lowest BCUT2D eigenvalue weighted by Crippen LogP contribution is -2.45. The van der Waals surface area contributed by atoms with Crippen molar-refractivity contribution >= 4 is 34.6 Å². The molecule has 1 fully saturated rings. The van der Waals surface area contributed by atoms with Crippen molar-refractivity contribution < 1.29 is 4.79 Å². The topological polar surface area (TPSA) is 114 Å². The molecule has 0 radical (unpaired) electrons. The zero-order chi connectivity index (χ0) is 21.4. The zero-order valence-corrected chi connectivity index (χ0v) is 17.7. The second-order valence-electron chi connectivity index (χ2n) is 7.80. The van der Waals surface area contributed by atoms with Crippen LogP contribution in [0.15, 0.2) is 29.4 Å². The van der Waals surface area contributed by atoms with Crippen molar-refractivity contribution in [2.75, 3.05) is 24.6 Å². The van der Waals surface area contributed by atoms with Crippen molar-refractivity contribution in [1.82, 2.24) is 24.5 Å². The fraction of sp³-hybridized carbons (Fsp3) is 0.381. The molecule has 4 heterocycles. The van der Waals surface area contributed by atoms with Gasteiger partial charge in [0.15, 0.2) is 5.82 Å². The van der Waals surface area contributed by atoms with Crippen LogP contribution in [0.4, 0.5) is 17.5 Å². The van der Waals surface area contributed by atoms with Gasteiger partial charge in [0.1, 0.15) is 11.6 Å². The average Bonchev–Trinajstić information content (AvgIpc) is 3.11. The Kier molecular flexibility index (Phi) is 5.11. The smallest absolute Gasteiger partial charge is 0.244 e. The molecule has 9 heteroatoms. The number of anilines is 2. The van der Waals surface area contributed by atoms with E-state index >= 15 is 0 Å². The molecule has 0 spiro atoms. The van der Waals surface area contributed by atoms with Crippen molar-refractivity contribution in [3.8, 4) is 11.3 Å². The molecular weight excluding hydrogens is 380 g/mol. The van der Waals surface area contributed by atoms with E-state index < -0.39 is 0 Å². The number of fused-ring (bicyclic) bond motifs is 1. The van der Waals surface area contributed by atoms with E-state index in [1.165, 1.54) is 0 Å². The molecule has 9 nitrogen and oxygen atoms in total. The van der Waals surface area contributed by atoms with Crippen LogP contribution >= 0.6 is 0 Å². The maximum atomic E-state index is 12.3. The molecule has 30 heavy (non-hydrogen) atoms. The summed E-state index contributed by atoms with van der Waals surface area (Å²) in [5, 5.41) is 7.64. The minimum atomic E-state index is -0.338. The van der Waals surface area contributed by atoms with Gasteiger partial charge in [0.05, 0.1) is 17.1 Å². The van der Waals surface area contributed by atoms with Gasteiger partial charge >= 0.3 is 0 Å². The van der Waals surface area contributed by atoms with Gasteiger partial charge in [-0.1, -0.05) is 0 Å². The summed E-state index contributed by atoms with van der Waals surface area (Å²) in [6, 6.07) is 5.45. The van der Waals surface area contributed by atoms with Crippen LogP contribution in [-0.2, 0) is 4.79 Å². The number of nitrogens with two attached hydrogens (primary N) is 1. The fourth-order valence-corrected chi connectivity index (χ4v) is 3.70. The molecule has 1 aliphatic rings. The second kappa shape index (κ2) is 7.74. The van der Waals surface area contributed by atoms with Crippen LogP contribution in [0.1, 0.15) is 32.4 Å². The molecule has 1 atom stereocenters. The maximum absolute atomic E-state index is 12.3. The summed E-state index contributed by atoms with van der Waals surface area (Å²) in [6.45, 7) is 6.62. The molecule has 0 aromatic carbocycles. The Hall–Kier alpha value is -3.49. The highest BCUT2D eigenvalue weighted by Gasteiger charge is 2.27. The molecule has 1 saturated heterocycles. The number of nitrogens with one attached hydrogen (secondary N) is 1. The highest BCUT2D eigenvalue weighted by Crippen LogP contribution is 2.30. The van der Waals surface area contributed by atoms with E-state index in [0.717, 1.165) is 47.7 Å². The number of likely N-dealkylation sites (N-methyl/N-ethyl adjacent to an activating group) is 1. The van der Waals surface area contributed by atoms with Gasteiger partial charge in [0.25, 0.3) is 0 Å². The second-order valence-corrected chi connectivity index (χ2v) is 7.80. The normalized spacial score (nSPS) is 16.7. The number of hydrogen-bond donors (Lipinski definition) is 2. The third-order valence-electron chi connectivity index (χ3n) is 5.18. The van der Waals surface area contributed by atoms with Crippen LogP contribution in [0.2, 0.25) is 0 Å². The van der Waals surface area contributed by atoms with Gasteiger partial charge in [-0.25, -0.2) is 4.52 Å². The van der Waals surface area contributed by atoms with Crippen LogP contribution in [0, 0.1) is 6.92 Å². The van der Waals surface area contributed by atoms with Crippen LogP contribution < -0.4 is 11.1 Å². The summed E-state index contributed by atoms with van der Waals surface area (Å²) in [5.74, 6) is 0.708. The van der Waals surface area contributed by atoms with Gasteiger partial charge in [0, 0.05) is 31.1 Å². The lowest BCUT2D eigenvalue weighted by molar-refractivity contribution is -0.132. The van der Waals surface area contributed by atoms with E-state index in [2.05, 4.69) is 20.4 Å². The number of hydrogen-bond acceptors (Lipinski definition) is 7. The number of carbonyl (C=O) groups excluding carboxylic acids is 1. The number of aromatic nitrogens is 4. The summed E-state index contributed by atoms with van der Waals surface area (Å²) in [6.07, 6.45) is 3.51. The first kappa shape index (κ1) is 19.8. The van der Waals surface area contributed by atoms with Gasteiger partial charge in [0.2, 0.25) is 11.9 Å². The fourth-order valence-electron chi connectivity index (χ4n) is 3.70. The van der Waals surface area contributed by atoms with Gasteiger partial charge in [-0.05, 0) is 51.8 Å². The van der Waals surface area contributed by atoms with Gasteiger partial charge < -0.3 is 16.0 Å². The minimum absolute atomic E-state index is 0.0430. The molecule has 0 saturated carbocycles. The lowest BCUT2D eigenvalue weighted by atomic mass is 10.1. The Balaban J connectivity index is 1.67. The van der Waals surface area contributed by atoms with E-state index in [0.29, 0.717) is 17.3 Å². The molecule has 1 unspecified atom stereocenters. The highest BCUT2D eigenvalue weighted by atomic mass is 16.2. The average molecular weight is 406 g/mol. The van der Waals surface area contributed by atoms with Crippen LogP contribution in [0.25, 0.3) is 16.8 Å². The third kappa shape index (κ3) is 3.70. The number of rotatable bonds is 4. The molecule has 3 N–H and O–H groups in total. The molecule has 4 rings (SSSR count). The van der Waals surface area contributed by atoms with Gasteiger partial charge in [-0.15, -0.1) is 5.10 Å². The van der Waals surface area contributed by atoms with Gasteiger partial charge in [-0.2, -0.15) is 4.98 Å². The number of amides is 1. The van der Waals surface area contributed by atoms with E-state index in [1.807, 2.05) is 45.2 Å². The Labute approximate surface area is 175 Å². The summed E-state index contributed by atoms with van der Waals surface area (Å²) in [7, 11) is 1.81. The maximum Gasteiger partial charge on any atom is 0.244 e. The first-order chi connectivity index (χ1) is 14.3. The van der Waals surface area contributed by atoms with Crippen molar-refractivity contribution in [2.24, 2.45) is 4.99 Å². The number of piperidine rings is 1. The van der Waals surface area contributed by atoms with E-state index in [9.17, 15) is 4.79 Å². The molecule has 1 amide bonds. The lowest BCUT2D eigenvalue weighted by Gasteiger charge is -2.29. The Bertz CT molecular complexity index is 1150. The monoisotopic (exact) mass is 406 g/mol. The van der Waals surface area contributed by atoms with Crippen molar-refractivity contribution in [3.05, 3.63) is 30.1 Å². The summed E-state index contributed by atoms with van der Waals surface area (Å²) < 4.78 is 1.68. The SMILES string of the molecule is CC(C)=Nc1ccc(-c2ccn3nc(NC4CCCN(C)C4=O)nc(N)c23)nc1C. The van der Waals surface area contributed by atoms with E-state index in [1.54, 1.807) is 16.5 Å². The number of carbonyl (C=O) groups is 1. The summed E-state index contributed by atoms with van der Waals surface area (Å²) in [5.41, 5.74) is 11.3. The first-order valence-corrected chi connectivity index (χ1v) is 10.00. The summed E-state index contributed by atoms with van der Waals surface area (Å²) in [4.78, 5) is 27.7. The van der Waals surface area contributed by atoms with Crippen LogP contribution in [0.3, 0.4) is 0 Å². The number of aliphatic imine (C=N–C) groups is 1. The third-order valence-corrected chi connectivity index (χ3v) is 5.18. The predicted molar refractivity (Wildman–Crippen MR) is 118 cm³/mol. The Morgan fingerprint density at radius 1 is 1.27 bits per heavy atom. The molecular formula is C21H26N8O. The standard InChI is InChI=1S/C21H26N8O/c1-12(2)23-15-7-8-16(24-13(15)3)14-9-11-29-18(14)19(22)26-21(27-29)25-17-6-5-10-28(4)20(17)30/h7-9,11,17H,5-6,10H2,1-4H3,(H3,22,25,26,27). The molecule has 1 aliphatic heterocycles. The predicted octanol–water partition coefficient (Wildman–Crippen LogP) is 2.83. The molecule has 0 bridgehead atoms. The first-order valence-electron chi connectivity index (χ1n) is 10.00. The van der Waals surface area contributed by atoms with E-state index in [4.69, 9.17) is 10.7 Å². The molecule has 156 valence electrons. The number of likely N-dealkylation sites (tertiary alicyclic amines) is 1. The molecule has 0 aliphatic carbocycles. The van der Waals surface area contributed by atoms with Crippen molar-refractivity contribution in [1.29, 1.82) is 0 Å². The van der Waals surface area contributed by atoms with Crippen LogP contribution in [0.5, 0.6) is 0 Å². The highest BCUT2D eigenvalue weighted by molar-refractivity contribution is 5.88. The van der Waals surface area contributed by atoms with Crippen molar-refractivity contribution in [3.63, 3.8) is 0 Å². The molecule has 3 aromatic rings. The quantitative estimate of drug-likeness (QED) is 0.644. The van der Waals surface area contributed by atoms with Gasteiger partial charge in [-0.3, -0.25) is 14.8 Å². The number of nitrogens with zero attached hydrogens (tertiary/aromatic N) is 6.